The molecule has 0 spiro atoms. The van der Waals surface area contributed by atoms with Gasteiger partial charge in [0.15, 0.2) is 0 Å². The van der Waals surface area contributed by atoms with Gasteiger partial charge in [-0.1, -0.05) is 24.3 Å². The average molecular weight is 304 g/mol. The Kier molecular flexibility index (Phi) is 4.11. The van der Waals surface area contributed by atoms with Gasteiger partial charge in [-0.15, -0.1) is 0 Å². The average Bonchev–Trinajstić information content (AvgIpc) is 2.40. The number of amides is 1. The minimum absolute atomic E-state index is 0.00471. The summed E-state index contributed by atoms with van der Waals surface area (Å²) in [7, 11) is -3.82. The van der Waals surface area contributed by atoms with Crippen molar-refractivity contribution in [3.63, 3.8) is 0 Å². The van der Waals surface area contributed by atoms with Crippen LogP contribution >= 0.6 is 0 Å². The Morgan fingerprint density at radius 2 is 1.71 bits per heavy atom. The van der Waals surface area contributed by atoms with Crippen molar-refractivity contribution in [2.75, 3.05) is 5.32 Å². The first-order valence-corrected chi connectivity index (χ1v) is 7.84. The lowest BCUT2D eigenvalue weighted by molar-refractivity contribution is 0.102. The number of nitrogens with two attached hydrogens (primary N) is 1. The first-order chi connectivity index (χ1) is 9.79. The van der Waals surface area contributed by atoms with Crippen LogP contribution in [0, 0.1) is 13.8 Å². The van der Waals surface area contributed by atoms with Crippen LogP contribution in [0.3, 0.4) is 0 Å². The van der Waals surface area contributed by atoms with Gasteiger partial charge >= 0.3 is 0 Å². The zero-order valence-electron chi connectivity index (χ0n) is 11.8. The van der Waals surface area contributed by atoms with Crippen molar-refractivity contribution in [2.24, 2.45) is 5.14 Å². The standard InChI is InChI=1S/C15H16N2O3S/c1-10-5-3-4-6-13(10)15(18)17-12-8-7-11(2)14(9-12)21(16,19)20/h3-9H,1-2H3,(H,17,18)(H2,16,19,20). The number of carbonyl (C=O) groups is 1. The predicted molar refractivity (Wildman–Crippen MR) is 81.7 cm³/mol. The zero-order chi connectivity index (χ0) is 15.6. The van der Waals surface area contributed by atoms with E-state index in [-0.39, 0.29) is 10.8 Å². The quantitative estimate of drug-likeness (QED) is 0.911. The molecule has 0 bridgehead atoms. The summed E-state index contributed by atoms with van der Waals surface area (Å²) in [5.41, 5.74) is 2.30. The maximum absolute atomic E-state index is 12.2. The number of hydrogen-bond acceptors (Lipinski definition) is 3. The van der Waals surface area contributed by atoms with E-state index < -0.39 is 10.0 Å². The Bertz CT molecular complexity index is 798. The number of aryl methyl sites for hydroxylation is 2. The van der Waals surface area contributed by atoms with E-state index in [0.717, 1.165) is 5.56 Å². The molecule has 0 fully saturated rings. The molecule has 0 radical (unpaired) electrons. The number of sulfonamides is 1. The van der Waals surface area contributed by atoms with Crippen molar-refractivity contribution in [1.82, 2.24) is 0 Å². The molecule has 0 heterocycles. The van der Waals surface area contributed by atoms with E-state index in [1.54, 1.807) is 31.2 Å². The Labute approximate surface area is 123 Å². The molecule has 0 aromatic heterocycles. The number of hydrogen-bond donors (Lipinski definition) is 2. The second-order valence-corrected chi connectivity index (χ2v) is 6.32. The lowest BCUT2D eigenvalue weighted by atomic mass is 10.1. The lowest BCUT2D eigenvalue weighted by Gasteiger charge is -2.10. The minimum Gasteiger partial charge on any atom is -0.322 e. The molecule has 0 aliphatic rings. The summed E-state index contributed by atoms with van der Waals surface area (Å²) in [5, 5.41) is 7.83. The highest BCUT2D eigenvalue weighted by Gasteiger charge is 2.14. The molecule has 0 aliphatic heterocycles. The second-order valence-electron chi connectivity index (χ2n) is 4.79. The lowest BCUT2D eigenvalue weighted by Crippen LogP contribution is -2.16. The summed E-state index contributed by atoms with van der Waals surface area (Å²) in [6, 6.07) is 11.8. The van der Waals surface area contributed by atoms with Crippen LogP contribution in [0.1, 0.15) is 21.5 Å². The van der Waals surface area contributed by atoms with Crippen LogP contribution in [-0.4, -0.2) is 14.3 Å². The smallest absolute Gasteiger partial charge is 0.255 e. The molecular weight excluding hydrogens is 288 g/mol. The highest BCUT2D eigenvalue weighted by molar-refractivity contribution is 7.89. The van der Waals surface area contributed by atoms with Gasteiger partial charge in [0.05, 0.1) is 4.90 Å². The van der Waals surface area contributed by atoms with Gasteiger partial charge in [-0.05, 0) is 43.2 Å². The van der Waals surface area contributed by atoms with Gasteiger partial charge in [0.25, 0.3) is 5.91 Å². The Balaban J connectivity index is 2.33. The first-order valence-electron chi connectivity index (χ1n) is 6.29. The van der Waals surface area contributed by atoms with E-state index in [1.807, 2.05) is 19.1 Å². The molecule has 6 heteroatoms. The predicted octanol–water partition coefficient (Wildman–Crippen LogP) is 2.20. The SMILES string of the molecule is Cc1ccccc1C(=O)Nc1ccc(C)c(S(N)(=O)=O)c1. The molecule has 0 atom stereocenters. The molecule has 2 aromatic carbocycles. The summed E-state index contributed by atoms with van der Waals surface area (Å²) >= 11 is 0. The maximum atomic E-state index is 12.2. The van der Waals surface area contributed by atoms with Gasteiger partial charge in [0.2, 0.25) is 10.0 Å². The zero-order valence-corrected chi connectivity index (χ0v) is 12.6. The minimum atomic E-state index is -3.82. The maximum Gasteiger partial charge on any atom is 0.255 e. The van der Waals surface area contributed by atoms with E-state index in [2.05, 4.69) is 5.32 Å². The topological polar surface area (TPSA) is 89.3 Å². The molecule has 0 unspecified atom stereocenters. The molecule has 0 saturated heterocycles. The molecule has 1 amide bonds. The normalized spacial score (nSPS) is 11.2. The molecule has 2 aromatic rings. The summed E-state index contributed by atoms with van der Waals surface area (Å²) in [4.78, 5) is 12.2. The fourth-order valence-corrected chi connectivity index (χ4v) is 2.82. The van der Waals surface area contributed by atoms with E-state index in [1.165, 1.54) is 6.07 Å². The highest BCUT2D eigenvalue weighted by atomic mass is 32.2. The second kappa shape index (κ2) is 5.67. The molecule has 5 nitrogen and oxygen atoms in total. The van der Waals surface area contributed by atoms with Crippen molar-refractivity contribution in [3.05, 3.63) is 59.2 Å². The van der Waals surface area contributed by atoms with Gasteiger partial charge in [-0.2, -0.15) is 0 Å². The summed E-state index contributed by atoms with van der Waals surface area (Å²) in [6.07, 6.45) is 0. The number of rotatable bonds is 3. The highest BCUT2D eigenvalue weighted by Crippen LogP contribution is 2.20. The van der Waals surface area contributed by atoms with Gasteiger partial charge < -0.3 is 5.32 Å². The Hall–Kier alpha value is -2.18. The number of anilines is 1. The van der Waals surface area contributed by atoms with E-state index in [0.29, 0.717) is 16.8 Å². The summed E-state index contributed by atoms with van der Waals surface area (Å²) in [5.74, 6) is -0.294. The third-order valence-electron chi connectivity index (χ3n) is 3.14. The first kappa shape index (κ1) is 15.2. The van der Waals surface area contributed by atoms with Crippen molar-refractivity contribution in [1.29, 1.82) is 0 Å². The third kappa shape index (κ3) is 3.48. The Morgan fingerprint density at radius 3 is 2.33 bits per heavy atom. The van der Waals surface area contributed by atoms with Crippen LogP contribution in [0.15, 0.2) is 47.4 Å². The molecule has 2 rings (SSSR count). The molecule has 110 valence electrons. The van der Waals surface area contributed by atoms with Crippen molar-refractivity contribution < 1.29 is 13.2 Å². The number of benzene rings is 2. The largest absolute Gasteiger partial charge is 0.322 e. The van der Waals surface area contributed by atoms with E-state index >= 15 is 0 Å². The number of primary sulfonamides is 1. The van der Waals surface area contributed by atoms with Crippen LogP contribution in [0.5, 0.6) is 0 Å². The van der Waals surface area contributed by atoms with Gasteiger partial charge in [0.1, 0.15) is 0 Å². The molecule has 3 N–H and O–H groups in total. The van der Waals surface area contributed by atoms with Crippen LogP contribution < -0.4 is 10.5 Å². The van der Waals surface area contributed by atoms with Gasteiger partial charge in [-0.25, -0.2) is 13.6 Å². The van der Waals surface area contributed by atoms with Crippen LogP contribution in [0.2, 0.25) is 0 Å². The van der Waals surface area contributed by atoms with Gasteiger partial charge in [-0.3, -0.25) is 4.79 Å². The molecular formula is C15H16N2O3S. The van der Waals surface area contributed by atoms with Crippen molar-refractivity contribution in [2.45, 2.75) is 18.7 Å². The van der Waals surface area contributed by atoms with E-state index in [9.17, 15) is 13.2 Å². The monoisotopic (exact) mass is 304 g/mol. The van der Waals surface area contributed by atoms with Crippen molar-refractivity contribution >= 4 is 21.6 Å². The fourth-order valence-electron chi connectivity index (χ4n) is 2.01. The molecule has 21 heavy (non-hydrogen) atoms. The van der Waals surface area contributed by atoms with Crippen LogP contribution in [-0.2, 0) is 10.0 Å². The van der Waals surface area contributed by atoms with Crippen LogP contribution in [0.4, 0.5) is 5.69 Å². The van der Waals surface area contributed by atoms with E-state index in [4.69, 9.17) is 5.14 Å². The summed E-state index contributed by atoms with van der Waals surface area (Å²) in [6.45, 7) is 3.48. The number of carbonyl (C=O) groups excluding carboxylic acids is 1. The van der Waals surface area contributed by atoms with Crippen molar-refractivity contribution in [3.8, 4) is 0 Å². The fraction of sp³-hybridized carbons (Fsp3) is 0.133. The summed E-state index contributed by atoms with van der Waals surface area (Å²) < 4.78 is 23.0. The van der Waals surface area contributed by atoms with Crippen LogP contribution in [0.25, 0.3) is 0 Å². The molecule has 0 saturated carbocycles. The number of nitrogens with one attached hydrogen (secondary N) is 1. The molecule has 0 aliphatic carbocycles. The Morgan fingerprint density at radius 1 is 1.05 bits per heavy atom. The van der Waals surface area contributed by atoms with Gasteiger partial charge in [0, 0.05) is 11.3 Å². The third-order valence-corrected chi connectivity index (χ3v) is 4.20.